The van der Waals surface area contributed by atoms with E-state index in [1.807, 2.05) is 30.0 Å². The van der Waals surface area contributed by atoms with E-state index in [-0.39, 0.29) is 0 Å². The molecule has 1 aromatic carbocycles. The fraction of sp³-hybridized carbons (Fsp3) is 0.267. The summed E-state index contributed by atoms with van der Waals surface area (Å²) < 4.78 is 2.23. The van der Waals surface area contributed by atoms with Crippen LogP contribution in [-0.2, 0) is 13.0 Å². The number of aromatic nitrogens is 4. The van der Waals surface area contributed by atoms with Crippen molar-refractivity contribution in [2.45, 2.75) is 13.0 Å². The van der Waals surface area contributed by atoms with Gasteiger partial charge in [-0.05, 0) is 0 Å². The lowest BCUT2D eigenvalue weighted by molar-refractivity contribution is 0.730. The second kappa shape index (κ2) is 5.61. The highest BCUT2D eigenvalue weighted by atomic mass is 32.2. The average molecular weight is 314 g/mol. The lowest BCUT2D eigenvalue weighted by Crippen LogP contribution is -2.05. The molecule has 0 saturated carbocycles. The van der Waals surface area contributed by atoms with E-state index < -0.39 is 0 Å². The second-order valence-corrected chi connectivity index (χ2v) is 6.94. The predicted molar refractivity (Wildman–Crippen MR) is 87.6 cm³/mol. The van der Waals surface area contributed by atoms with Crippen LogP contribution in [0.5, 0.6) is 0 Å². The van der Waals surface area contributed by atoms with E-state index in [1.165, 1.54) is 0 Å². The van der Waals surface area contributed by atoms with Gasteiger partial charge >= 0.3 is 0 Å². The van der Waals surface area contributed by atoms with Gasteiger partial charge in [-0.1, -0.05) is 30.3 Å². The number of hydrogen-bond acceptors (Lipinski definition) is 5. The molecule has 0 unspecified atom stereocenters. The van der Waals surface area contributed by atoms with Crippen LogP contribution < -0.4 is 0 Å². The highest BCUT2D eigenvalue weighted by Gasteiger charge is 2.18. The molecule has 2 aromatic heterocycles. The summed E-state index contributed by atoms with van der Waals surface area (Å²) in [5.41, 5.74) is 2.09. The van der Waals surface area contributed by atoms with Gasteiger partial charge in [-0.2, -0.15) is 11.8 Å². The number of thioether (sulfide) groups is 1. The van der Waals surface area contributed by atoms with Gasteiger partial charge in [0.15, 0.2) is 5.82 Å². The summed E-state index contributed by atoms with van der Waals surface area (Å²) in [6.45, 7) is 0.973. The molecule has 3 aromatic rings. The zero-order chi connectivity index (χ0) is 14.1. The largest absolute Gasteiger partial charge is 0.309 e. The Morgan fingerprint density at radius 1 is 1.05 bits per heavy atom. The van der Waals surface area contributed by atoms with Crippen molar-refractivity contribution in [2.24, 2.45) is 0 Å². The number of thiazole rings is 1. The monoisotopic (exact) mass is 314 g/mol. The van der Waals surface area contributed by atoms with Crippen molar-refractivity contribution >= 4 is 23.1 Å². The Hall–Kier alpha value is -1.66. The Morgan fingerprint density at radius 2 is 1.95 bits per heavy atom. The molecule has 4 rings (SSSR count). The first-order valence-electron chi connectivity index (χ1n) is 6.93. The lowest BCUT2D eigenvalue weighted by atomic mass is 10.2. The number of nitrogens with zero attached hydrogens (tertiary/aromatic N) is 4. The third kappa shape index (κ3) is 2.49. The summed E-state index contributed by atoms with van der Waals surface area (Å²) in [7, 11) is 0. The molecule has 3 heterocycles. The Kier molecular flexibility index (Phi) is 3.48. The van der Waals surface area contributed by atoms with Gasteiger partial charge in [0.25, 0.3) is 0 Å². The fourth-order valence-corrected chi connectivity index (χ4v) is 4.10. The summed E-state index contributed by atoms with van der Waals surface area (Å²) in [5, 5.41) is 11.8. The molecule has 0 atom stereocenters. The fourth-order valence-electron chi connectivity index (χ4n) is 2.46. The molecule has 0 radical (unpaired) electrons. The third-order valence-electron chi connectivity index (χ3n) is 3.51. The van der Waals surface area contributed by atoms with E-state index in [0.717, 1.165) is 52.4 Å². The highest BCUT2D eigenvalue weighted by molar-refractivity contribution is 7.99. The molecule has 21 heavy (non-hydrogen) atoms. The van der Waals surface area contributed by atoms with Gasteiger partial charge in [-0.15, -0.1) is 21.5 Å². The van der Waals surface area contributed by atoms with Crippen LogP contribution in [-0.4, -0.2) is 31.3 Å². The van der Waals surface area contributed by atoms with Gasteiger partial charge < -0.3 is 4.57 Å². The minimum Gasteiger partial charge on any atom is -0.309 e. The number of rotatable bonds is 2. The normalized spacial score (nSPS) is 14.7. The zero-order valence-corrected chi connectivity index (χ0v) is 13.0. The number of fused-ring (bicyclic) bond motifs is 1. The molecule has 0 saturated heterocycles. The van der Waals surface area contributed by atoms with Crippen molar-refractivity contribution in [1.82, 2.24) is 19.7 Å². The van der Waals surface area contributed by atoms with Gasteiger partial charge in [0.2, 0.25) is 0 Å². The molecule has 0 N–H and O–H groups in total. The van der Waals surface area contributed by atoms with E-state index >= 15 is 0 Å². The lowest BCUT2D eigenvalue weighted by Gasteiger charge is -2.03. The average Bonchev–Trinajstić information content (AvgIpc) is 3.10. The Morgan fingerprint density at radius 3 is 2.86 bits per heavy atom. The van der Waals surface area contributed by atoms with E-state index in [9.17, 15) is 0 Å². The van der Waals surface area contributed by atoms with Gasteiger partial charge in [0.1, 0.15) is 16.5 Å². The smallest absolute Gasteiger partial charge is 0.183 e. The van der Waals surface area contributed by atoms with Crippen LogP contribution in [0.25, 0.3) is 22.1 Å². The summed E-state index contributed by atoms with van der Waals surface area (Å²) in [4.78, 5) is 4.75. The first kappa shape index (κ1) is 13.0. The minimum atomic E-state index is 0.908. The summed E-state index contributed by atoms with van der Waals surface area (Å²) in [5.74, 6) is 4.24. The van der Waals surface area contributed by atoms with E-state index in [0.29, 0.717) is 0 Å². The zero-order valence-electron chi connectivity index (χ0n) is 11.4. The molecule has 0 bridgehead atoms. The SMILES string of the molecule is c1ccc(-c2nc(-c3nnc4n3CCSCC4)cs2)cc1. The van der Waals surface area contributed by atoms with Gasteiger partial charge in [-0.25, -0.2) is 4.98 Å². The number of benzene rings is 1. The molecular formula is C15H14N4S2. The number of aryl methyl sites for hydroxylation is 1. The van der Waals surface area contributed by atoms with Crippen LogP contribution in [0.2, 0.25) is 0 Å². The van der Waals surface area contributed by atoms with Crippen LogP contribution >= 0.6 is 23.1 Å². The van der Waals surface area contributed by atoms with Crippen molar-refractivity contribution in [3.8, 4) is 22.1 Å². The van der Waals surface area contributed by atoms with Crippen LogP contribution in [0.15, 0.2) is 35.7 Å². The second-order valence-electron chi connectivity index (χ2n) is 4.86. The maximum Gasteiger partial charge on any atom is 0.183 e. The summed E-state index contributed by atoms with van der Waals surface area (Å²) >= 11 is 3.64. The van der Waals surface area contributed by atoms with Crippen LogP contribution in [0.1, 0.15) is 5.82 Å². The molecule has 6 heteroatoms. The first-order chi connectivity index (χ1) is 10.4. The Balaban J connectivity index is 1.72. The Labute approximate surface area is 131 Å². The maximum atomic E-state index is 4.75. The quantitative estimate of drug-likeness (QED) is 0.727. The predicted octanol–water partition coefficient (Wildman–Crippen LogP) is 3.36. The van der Waals surface area contributed by atoms with Crippen molar-refractivity contribution in [1.29, 1.82) is 0 Å². The molecule has 4 nitrogen and oxygen atoms in total. The van der Waals surface area contributed by atoms with Gasteiger partial charge in [-0.3, -0.25) is 0 Å². The van der Waals surface area contributed by atoms with Crippen molar-refractivity contribution in [3.63, 3.8) is 0 Å². The number of hydrogen-bond donors (Lipinski definition) is 0. The molecule has 0 amide bonds. The highest BCUT2D eigenvalue weighted by Crippen LogP contribution is 2.29. The van der Waals surface area contributed by atoms with Crippen molar-refractivity contribution in [2.75, 3.05) is 11.5 Å². The molecule has 0 aliphatic carbocycles. The van der Waals surface area contributed by atoms with E-state index in [1.54, 1.807) is 11.3 Å². The Bertz CT molecular complexity index is 748. The molecule has 1 aliphatic heterocycles. The standard InChI is InChI=1S/C15H14N4S2/c1-2-4-11(5-3-1)15-16-12(10-21-15)14-18-17-13-6-8-20-9-7-19(13)14/h1-5,10H,6-9H2. The van der Waals surface area contributed by atoms with Crippen LogP contribution in [0.3, 0.4) is 0 Å². The maximum absolute atomic E-state index is 4.75. The minimum absolute atomic E-state index is 0.908. The first-order valence-corrected chi connectivity index (χ1v) is 8.96. The van der Waals surface area contributed by atoms with Gasteiger partial charge in [0, 0.05) is 35.4 Å². The summed E-state index contributed by atoms with van der Waals surface area (Å²) in [6.07, 6.45) is 0.993. The topological polar surface area (TPSA) is 43.6 Å². The summed E-state index contributed by atoms with van der Waals surface area (Å²) in [6, 6.07) is 10.3. The molecule has 0 fully saturated rings. The molecule has 106 valence electrons. The van der Waals surface area contributed by atoms with Crippen LogP contribution in [0.4, 0.5) is 0 Å². The molecule has 0 spiro atoms. The van der Waals surface area contributed by atoms with E-state index in [4.69, 9.17) is 4.98 Å². The van der Waals surface area contributed by atoms with Gasteiger partial charge in [0.05, 0.1) is 0 Å². The van der Waals surface area contributed by atoms with Crippen molar-refractivity contribution < 1.29 is 0 Å². The van der Waals surface area contributed by atoms with Crippen LogP contribution in [0, 0.1) is 0 Å². The molecule has 1 aliphatic rings. The van der Waals surface area contributed by atoms with Crippen molar-refractivity contribution in [3.05, 3.63) is 41.5 Å². The van der Waals surface area contributed by atoms with E-state index in [2.05, 4.69) is 32.3 Å². The third-order valence-corrected chi connectivity index (χ3v) is 5.37. The molecular weight excluding hydrogens is 300 g/mol.